The highest BCUT2D eigenvalue weighted by Crippen LogP contribution is 2.33. The van der Waals surface area contributed by atoms with Crippen LogP contribution in [-0.2, 0) is 6.42 Å². The van der Waals surface area contributed by atoms with Gasteiger partial charge in [0.2, 0.25) is 0 Å². The van der Waals surface area contributed by atoms with Gasteiger partial charge in [0.25, 0.3) is 11.8 Å². The highest BCUT2D eigenvalue weighted by Gasteiger charge is 2.26. The molecule has 7 heteroatoms. The van der Waals surface area contributed by atoms with Crippen LogP contribution in [0.15, 0.2) is 99.8 Å². The van der Waals surface area contributed by atoms with E-state index in [1.807, 2.05) is 48.5 Å². The van der Waals surface area contributed by atoms with Crippen molar-refractivity contribution in [3.05, 3.63) is 102 Å². The summed E-state index contributed by atoms with van der Waals surface area (Å²) in [5.74, 6) is -0.312. The second-order valence-corrected chi connectivity index (χ2v) is 8.35. The Bertz CT molecular complexity index is 1270. The first-order valence-corrected chi connectivity index (χ1v) is 11.0. The number of aromatic nitrogens is 1. The van der Waals surface area contributed by atoms with Gasteiger partial charge in [-0.3, -0.25) is 9.59 Å². The lowest BCUT2D eigenvalue weighted by molar-refractivity contribution is 0.0986. The van der Waals surface area contributed by atoms with Crippen molar-refractivity contribution >= 4 is 35.0 Å². The molecular weight excluding hydrogens is 422 g/mol. The van der Waals surface area contributed by atoms with Crippen LogP contribution in [-0.4, -0.2) is 23.3 Å². The number of hydrogen-bond donors (Lipinski definition) is 1. The van der Waals surface area contributed by atoms with Crippen LogP contribution in [0.5, 0.6) is 0 Å². The van der Waals surface area contributed by atoms with Crippen molar-refractivity contribution in [3.8, 4) is 0 Å². The zero-order chi connectivity index (χ0) is 21.9. The van der Waals surface area contributed by atoms with Crippen LogP contribution in [0.4, 0.5) is 11.4 Å². The van der Waals surface area contributed by atoms with Crippen molar-refractivity contribution in [2.24, 2.45) is 0 Å². The molecule has 2 aromatic carbocycles. The summed E-state index contributed by atoms with van der Waals surface area (Å²) in [7, 11) is 0. The zero-order valence-corrected chi connectivity index (χ0v) is 17.8. The average molecular weight is 442 g/mol. The summed E-state index contributed by atoms with van der Waals surface area (Å²) >= 11 is 1.45. The summed E-state index contributed by atoms with van der Waals surface area (Å²) in [5.41, 5.74) is 3.60. The van der Waals surface area contributed by atoms with Gasteiger partial charge in [-0.15, -0.1) is 0 Å². The lowest BCUT2D eigenvalue weighted by Crippen LogP contribution is -2.28. The summed E-state index contributed by atoms with van der Waals surface area (Å²) in [5, 5.41) is 3.62. The van der Waals surface area contributed by atoms with E-state index in [4.69, 9.17) is 4.42 Å². The van der Waals surface area contributed by atoms with E-state index in [-0.39, 0.29) is 11.8 Å². The van der Waals surface area contributed by atoms with E-state index in [9.17, 15) is 9.59 Å². The standard InChI is InChI=1S/C25H19N3O3S/c29-23(21-7-4-12-26-24(21)32-20-5-2-1-3-6-20)27-19-8-9-22-17(15-19)10-13-28(22)25(30)18-11-14-31-16-18/h1-9,11-12,14-16H,10,13H2,(H,27,29). The third-order valence-corrected chi connectivity index (χ3v) is 6.25. The number of carbonyl (C=O) groups excluding carboxylic acids is 2. The van der Waals surface area contributed by atoms with Crippen LogP contribution in [0.1, 0.15) is 26.3 Å². The molecule has 0 bridgehead atoms. The number of anilines is 2. The first kappa shape index (κ1) is 20.1. The fraction of sp³-hybridized carbons (Fsp3) is 0.0800. The molecule has 3 heterocycles. The normalized spacial score (nSPS) is 12.4. The predicted octanol–water partition coefficient (Wildman–Crippen LogP) is 5.28. The van der Waals surface area contributed by atoms with Crippen molar-refractivity contribution in [2.75, 3.05) is 16.8 Å². The number of nitrogens with zero attached hydrogens (tertiary/aromatic N) is 2. The van der Waals surface area contributed by atoms with Crippen molar-refractivity contribution in [3.63, 3.8) is 0 Å². The maximum atomic E-state index is 13.0. The third kappa shape index (κ3) is 4.02. The van der Waals surface area contributed by atoms with Crippen LogP contribution in [0.3, 0.4) is 0 Å². The molecular formula is C25H19N3O3S. The van der Waals surface area contributed by atoms with Gasteiger partial charge in [-0.25, -0.2) is 4.98 Å². The summed E-state index contributed by atoms with van der Waals surface area (Å²) in [6.07, 6.45) is 5.35. The van der Waals surface area contributed by atoms with Gasteiger partial charge in [0, 0.05) is 29.0 Å². The predicted molar refractivity (Wildman–Crippen MR) is 123 cm³/mol. The molecule has 0 saturated carbocycles. The van der Waals surface area contributed by atoms with E-state index in [1.54, 1.807) is 29.3 Å². The molecule has 6 nitrogen and oxygen atoms in total. The number of amides is 2. The van der Waals surface area contributed by atoms with E-state index in [2.05, 4.69) is 10.3 Å². The largest absolute Gasteiger partial charge is 0.472 e. The van der Waals surface area contributed by atoms with Crippen LogP contribution in [0, 0.1) is 0 Å². The van der Waals surface area contributed by atoms with E-state index in [0.29, 0.717) is 28.4 Å². The molecule has 0 radical (unpaired) electrons. The van der Waals surface area contributed by atoms with Crippen molar-refractivity contribution < 1.29 is 14.0 Å². The lowest BCUT2D eigenvalue weighted by atomic mass is 10.1. The Morgan fingerprint density at radius 2 is 1.91 bits per heavy atom. The number of carbonyl (C=O) groups is 2. The molecule has 4 aromatic rings. The van der Waals surface area contributed by atoms with E-state index >= 15 is 0 Å². The minimum Gasteiger partial charge on any atom is -0.472 e. The van der Waals surface area contributed by atoms with E-state index in [0.717, 1.165) is 22.6 Å². The number of fused-ring (bicyclic) bond motifs is 1. The fourth-order valence-corrected chi connectivity index (χ4v) is 4.58. The Morgan fingerprint density at radius 3 is 2.72 bits per heavy atom. The van der Waals surface area contributed by atoms with E-state index in [1.165, 1.54) is 24.3 Å². The molecule has 1 aliphatic rings. The average Bonchev–Trinajstić information content (AvgIpc) is 3.50. The van der Waals surface area contributed by atoms with Gasteiger partial charge in [-0.1, -0.05) is 30.0 Å². The highest BCUT2D eigenvalue weighted by atomic mass is 32.2. The lowest BCUT2D eigenvalue weighted by Gasteiger charge is -2.17. The molecule has 1 aliphatic heterocycles. The van der Waals surface area contributed by atoms with Crippen LogP contribution in [0.2, 0.25) is 0 Å². The Hall–Kier alpha value is -3.84. The first-order chi connectivity index (χ1) is 15.7. The summed E-state index contributed by atoms with van der Waals surface area (Å²) in [6.45, 7) is 0.594. The second-order valence-electron chi connectivity index (χ2n) is 7.29. The minimum absolute atomic E-state index is 0.0905. The quantitative estimate of drug-likeness (QED) is 0.456. The van der Waals surface area contributed by atoms with Crippen LogP contribution >= 0.6 is 11.8 Å². The van der Waals surface area contributed by atoms with Gasteiger partial charge in [0.15, 0.2) is 0 Å². The number of benzene rings is 2. The molecule has 0 fully saturated rings. The zero-order valence-electron chi connectivity index (χ0n) is 17.0. The Labute approximate surface area is 189 Å². The number of furan rings is 1. The SMILES string of the molecule is O=C(Nc1ccc2c(c1)CCN2C(=O)c1ccoc1)c1cccnc1Sc1ccccc1. The van der Waals surface area contributed by atoms with Gasteiger partial charge < -0.3 is 14.6 Å². The molecule has 0 saturated heterocycles. The van der Waals surface area contributed by atoms with Gasteiger partial charge >= 0.3 is 0 Å². The van der Waals surface area contributed by atoms with Crippen molar-refractivity contribution in [1.29, 1.82) is 0 Å². The molecule has 0 spiro atoms. The number of pyridine rings is 1. The van der Waals surface area contributed by atoms with Crippen LogP contribution in [0.25, 0.3) is 0 Å². The monoisotopic (exact) mass is 441 g/mol. The fourth-order valence-electron chi connectivity index (χ4n) is 3.68. The number of rotatable bonds is 5. The molecule has 5 rings (SSSR count). The molecule has 0 unspecified atom stereocenters. The van der Waals surface area contributed by atoms with Crippen molar-refractivity contribution in [2.45, 2.75) is 16.3 Å². The summed E-state index contributed by atoms with van der Waals surface area (Å²) in [6, 6.07) is 20.6. The van der Waals surface area contributed by atoms with Gasteiger partial charge in [0.1, 0.15) is 11.3 Å². The minimum atomic E-state index is -0.221. The highest BCUT2D eigenvalue weighted by molar-refractivity contribution is 7.99. The molecule has 32 heavy (non-hydrogen) atoms. The van der Waals surface area contributed by atoms with E-state index < -0.39 is 0 Å². The molecule has 158 valence electrons. The topological polar surface area (TPSA) is 75.4 Å². The van der Waals surface area contributed by atoms with Gasteiger partial charge in [-0.05, 0) is 60.5 Å². The van der Waals surface area contributed by atoms with Gasteiger partial charge in [0.05, 0.1) is 17.4 Å². The molecule has 0 aliphatic carbocycles. The maximum Gasteiger partial charge on any atom is 0.261 e. The van der Waals surface area contributed by atoms with Gasteiger partial charge in [-0.2, -0.15) is 0 Å². The number of hydrogen-bond acceptors (Lipinski definition) is 5. The number of nitrogens with one attached hydrogen (secondary N) is 1. The first-order valence-electron chi connectivity index (χ1n) is 10.2. The summed E-state index contributed by atoms with van der Waals surface area (Å²) < 4.78 is 5.03. The molecule has 2 aromatic heterocycles. The Balaban J connectivity index is 1.34. The maximum absolute atomic E-state index is 13.0. The third-order valence-electron chi connectivity index (χ3n) is 5.22. The Morgan fingerprint density at radius 1 is 1.03 bits per heavy atom. The molecule has 1 N–H and O–H groups in total. The van der Waals surface area contributed by atoms with Crippen molar-refractivity contribution in [1.82, 2.24) is 4.98 Å². The molecule has 0 atom stereocenters. The smallest absolute Gasteiger partial charge is 0.261 e. The second kappa shape index (κ2) is 8.72. The Kier molecular flexibility index (Phi) is 5.47. The summed E-state index contributed by atoms with van der Waals surface area (Å²) in [4.78, 5) is 32.9. The van der Waals surface area contributed by atoms with Crippen LogP contribution < -0.4 is 10.2 Å². The molecule has 2 amide bonds.